The first-order chi connectivity index (χ1) is 7.11. The summed E-state index contributed by atoms with van der Waals surface area (Å²) in [6.45, 7) is 2.52. The third-order valence-electron chi connectivity index (χ3n) is 2.77. The van der Waals surface area contributed by atoms with E-state index in [-0.39, 0.29) is 0 Å². The van der Waals surface area contributed by atoms with Gasteiger partial charge in [-0.3, -0.25) is 0 Å². The normalized spacial score (nSPS) is 15.2. The number of carboxylic acids is 1. The van der Waals surface area contributed by atoms with E-state index < -0.39 is 5.97 Å². The molecule has 1 aromatic rings. The average Bonchev–Trinajstić information content (AvgIpc) is 2.17. The van der Waals surface area contributed by atoms with Gasteiger partial charge in [0.05, 0.1) is 0 Å². The maximum atomic E-state index is 11.1. The van der Waals surface area contributed by atoms with Crippen LogP contribution in [0.5, 0.6) is 0 Å². The van der Waals surface area contributed by atoms with E-state index in [0.717, 1.165) is 11.1 Å². The SMILES string of the molecule is CC1=C(C(=O)O)N(C)Cc2ccccc21. The lowest BCUT2D eigenvalue weighted by molar-refractivity contribution is -0.134. The molecule has 78 valence electrons. The van der Waals surface area contributed by atoms with Gasteiger partial charge in [-0.05, 0) is 23.6 Å². The van der Waals surface area contributed by atoms with E-state index in [2.05, 4.69) is 0 Å². The third kappa shape index (κ3) is 1.50. The molecule has 0 amide bonds. The van der Waals surface area contributed by atoms with E-state index in [4.69, 9.17) is 5.11 Å². The van der Waals surface area contributed by atoms with Crippen LogP contribution in [0, 0.1) is 0 Å². The molecule has 0 aromatic heterocycles. The Morgan fingerprint density at radius 1 is 1.40 bits per heavy atom. The predicted octanol–water partition coefficient (Wildman–Crippen LogP) is 1.95. The lowest BCUT2D eigenvalue weighted by Crippen LogP contribution is -2.28. The Balaban J connectivity index is 2.62. The molecule has 1 N–H and O–H groups in total. The second-order valence-corrected chi connectivity index (χ2v) is 3.79. The molecule has 0 saturated carbocycles. The first kappa shape index (κ1) is 9.77. The topological polar surface area (TPSA) is 40.5 Å². The van der Waals surface area contributed by atoms with Crippen molar-refractivity contribution >= 4 is 11.5 Å². The number of benzene rings is 1. The van der Waals surface area contributed by atoms with Crippen LogP contribution in [-0.4, -0.2) is 23.0 Å². The van der Waals surface area contributed by atoms with Crippen molar-refractivity contribution < 1.29 is 9.90 Å². The molecule has 0 radical (unpaired) electrons. The van der Waals surface area contributed by atoms with Crippen molar-refractivity contribution in [2.24, 2.45) is 0 Å². The lowest BCUT2D eigenvalue weighted by atomic mass is 9.95. The van der Waals surface area contributed by atoms with Gasteiger partial charge in [0.25, 0.3) is 0 Å². The van der Waals surface area contributed by atoms with Crippen LogP contribution in [0.25, 0.3) is 5.57 Å². The van der Waals surface area contributed by atoms with E-state index in [1.54, 1.807) is 4.90 Å². The molecule has 1 aliphatic heterocycles. The molecule has 0 spiro atoms. The van der Waals surface area contributed by atoms with Gasteiger partial charge in [0.15, 0.2) is 0 Å². The third-order valence-corrected chi connectivity index (χ3v) is 2.77. The van der Waals surface area contributed by atoms with Crippen molar-refractivity contribution in [3.8, 4) is 0 Å². The highest BCUT2D eigenvalue weighted by molar-refractivity contribution is 5.96. The molecule has 1 aromatic carbocycles. The Bertz CT molecular complexity index is 449. The molecule has 15 heavy (non-hydrogen) atoms. The van der Waals surface area contributed by atoms with Crippen LogP contribution in [0.4, 0.5) is 0 Å². The van der Waals surface area contributed by atoms with Crippen LogP contribution in [0.1, 0.15) is 18.1 Å². The van der Waals surface area contributed by atoms with Gasteiger partial charge in [-0.1, -0.05) is 24.3 Å². The van der Waals surface area contributed by atoms with E-state index >= 15 is 0 Å². The highest BCUT2D eigenvalue weighted by Gasteiger charge is 2.23. The Morgan fingerprint density at radius 2 is 2.07 bits per heavy atom. The molecule has 1 aliphatic rings. The molecule has 1 heterocycles. The number of nitrogens with zero attached hydrogens (tertiary/aromatic N) is 1. The predicted molar refractivity (Wildman–Crippen MR) is 58.1 cm³/mol. The van der Waals surface area contributed by atoms with Gasteiger partial charge in [0.1, 0.15) is 5.70 Å². The summed E-state index contributed by atoms with van der Waals surface area (Å²) in [5.74, 6) is -0.857. The fourth-order valence-electron chi connectivity index (χ4n) is 2.10. The maximum Gasteiger partial charge on any atom is 0.352 e. The molecule has 3 heteroatoms. The minimum absolute atomic E-state index is 0.397. The number of allylic oxidation sites excluding steroid dienone is 1. The number of carboxylic acid groups (broad SMARTS) is 1. The molecule has 0 saturated heterocycles. The van der Waals surface area contributed by atoms with Crippen LogP contribution in [0.2, 0.25) is 0 Å². The van der Waals surface area contributed by atoms with Gasteiger partial charge in [-0.2, -0.15) is 0 Å². The molecule has 0 unspecified atom stereocenters. The van der Waals surface area contributed by atoms with Gasteiger partial charge in [0, 0.05) is 13.6 Å². The van der Waals surface area contributed by atoms with Crippen LogP contribution in [0.3, 0.4) is 0 Å². The van der Waals surface area contributed by atoms with Crippen LogP contribution in [0.15, 0.2) is 30.0 Å². The summed E-state index contributed by atoms with van der Waals surface area (Å²) >= 11 is 0. The molecule has 0 bridgehead atoms. The second-order valence-electron chi connectivity index (χ2n) is 3.79. The van der Waals surface area contributed by atoms with Crippen LogP contribution >= 0.6 is 0 Å². The fourth-order valence-corrected chi connectivity index (χ4v) is 2.10. The fraction of sp³-hybridized carbons (Fsp3) is 0.250. The molecular formula is C12H13NO2. The summed E-state index contributed by atoms with van der Waals surface area (Å²) in [6.07, 6.45) is 0. The first-order valence-corrected chi connectivity index (χ1v) is 4.85. The van der Waals surface area contributed by atoms with Crippen LogP contribution in [-0.2, 0) is 11.3 Å². The Hall–Kier alpha value is -1.77. The number of rotatable bonds is 1. The second kappa shape index (κ2) is 3.42. The summed E-state index contributed by atoms with van der Waals surface area (Å²) in [6, 6.07) is 7.92. The quantitative estimate of drug-likeness (QED) is 0.758. The number of fused-ring (bicyclic) bond motifs is 1. The molecule has 2 rings (SSSR count). The van der Waals surface area contributed by atoms with Gasteiger partial charge >= 0.3 is 5.97 Å². The summed E-state index contributed by atoms with van der Waals surface area (Å²) < 4.78 is 0. The Morgan fingerprint density at radius 3 is 2.73 bits per heavy atom. The van der Waals surface area contributed by atoms with Gasteiger partial charge < -0.3 is 10.0 Å². The average molecular weight is 203 g/mol. The molecule has 0 atom stereocenters. The summed E-state index contributed by atoms with van der Waals surface area (Å²) in [5, 5.41) is 9.11. The smallest absolute Gasteiger partial charge is 0.352 e. The summed E-state index contributed by atoms with van der Waals surface area (Å²) in [4.78, 5) is 12.9. The van der Waals surface area contributed by atoms with E-state index in [1.165, 1.54) is 5.56 Å². The van der Waals surface area contributed by atoms with Gasteiger partial charge in [-0.15, -0.1) is 0 Å². The zero-order valence-electron chi connectivity index (χ0n) is 8.82. The van der Waals surface area contributed by atoms with Crippen molar-refractivity contribution in [1.82, 2.24) is 4.90 Å². The maximum absolute atomic E-state index is 11.1. The number of carbonyl (C=O) groups is 1. The number of aliphatic carboxylic acids is 1. The van der Waals surface area contributed by atoms with Crippen molar-refractivity contribution in [2.45, 2.75) is 13.5 Å². The Kier molecular flexibility index (Phi) is 2.23. The van der Waals surface area contributed by atoms with Crippen LogP contribution < -0.4 is 0 Å². The highest BCUT2D eigenvalue weighted by atomic mass is 16.4. The van der Waals surface area contributed by atoms with Crippen molar-refractivity contribution in [3.63, 3.8) is 0 Å². The molecule has 3 nitrogen and oxygen atoms in total. The van der Waals surface area contributed by atoms with Crippen molar-refractivity contribution in [3.05, 3.63) is 41.1 Å². The summed E-state index contributed by atoms with van der Waals surface area (Å²) in [7, 11) is 1.81. The zero-order chi connectivity index (χ0) is 11.0. The molecule has 0 aliphatic carbocycles. The minimum atomic E-state index is -0.857. The van der Waals surface area contributed by atoms with E-state index in [0.29, 0.717) is 12.2 Å². The number of hydrogen-bond donors (Lipinski definition) is 1. The standard InChI is InChI=1S/C12H13NO2/c1-8-10-6-4-3-5-9(10)7-13(2)11(8)12(14)15/h3-6H,7H2,1-2H3,(H,14,15). The van der Waals surface area contributed by atoms with E-state index in [9.17, 15) is 4.79 Å². The lowest BCUT2D eigenvalue weighted by Gasteiger charge is -2.28. The monoisotopic (exact) mass is 203 g/mol. The van der Waals surface area contributed by atoms with Crippen molar-refractivity contribution in [1.29, 1.82) is 0 Å². The molecular weight excluding hydrogens is 190 g/mol. The number of likely N-dealkylation sites (N-methyl/N-ethyl adjacent to an activating group) is 1. The zero-order valence-corrected chi connectivity index (χ0v) is 8.82. The number of hydrogen-bond acceptors (Lipinski definition) is 2. The first-order valence-electron chi connectivity index (χ1n) is 4.85. The summed E-state index contributed by atoms with van der Waals surface area (Å²) in [5.41, 5.74) is 3.47. The highest BCUT2D eigenvalue weighted by Crippen LogP contribution is 2.30. The van der Waals surface area contributed by atoms with Crippen molar-refractivity contribution in [2.75, 3.05) is 7.05 Å². The van der Waals surface area contributed by atoms with Gasteiger partial charge in [0.2, 0.25) is 0 Å². The van der Waals surface area contributed by atoms with Gasteiger partial charge in [-0.25, -0.2) is 4.79 Å². The minimum Gasteiger partial charge on any atom is -0.477 e. The Labute approximate surface area is 88.6 Å². The largest absolute Gasteiger partial charge is 0.477 e. The van der Waals surface area contributed by atoms with E-state index in [1.807, 2.05) is 38.2 Å². The molecule has 0 fully saturated rings.